The van der Waals surface area contributed by atoms with Crippen LogP contribution in [0.4, 0.5) is 0 Å². The lowest BCUT2D eigenvalue weighted by molar-refractivity contribution is 0.112. The second kappa shape index (κ2) is 25.1. The first-order valence-electron chi connectivity index (χ1n) is 21.0. The summed E-state index contributed by atoms with van der Waals surface area (Å²) in [7, 11) is 0. The zero-order chi connectivity index (χ0) is 33.3. The van der Waals surface area contributed by atoms with Gasteiger partial charge >= 0.3 is 0 Å². The van der Waals surface area contributed by atoms with Gasteiger partial charge in [0.15, 0.2) is 0 Å². The predicted octanol–water partition coefficient (Wildman–Crippen LogP) is 15.5. The minimum absolute atomic E-state index is 0.0687. The molecule has 0 fully saturated rings. The van der Waals surface area contributed by atoms with Crippen LogP contribution in [0.25, 0.3) is 11.1 Å². The minimum Gasteiger partial charge on any atom is -0.298 e. The molecule has 2 aromatic rings. The fourth-order valence-corrected chi connectivity index (χ4v) is 8.45. The molecule has 0 radical (unpaired) electrons. The van der Waals surface area contributed by atoms with Crippen molar-refractivity contribution in [2.45, 2.75) is 212 Å². The first-order chi connectivity index (χ1) is 23.3. The Bertz CT molecular complexity index is 1030. The van der Waals surface area contributed by atoms with Crippen molar-refractivity contribution >= 4 is 6.29 Å². The molecule has 3 rings (SSSR count). The van der Waals surface area contributed by atoms with Gasteiger partial charge in [0.1, 0.15) is 6.29 Å². The molecule has 0 saturated heterocycles. The number of hydrogen-bond acceptors (Lipinski definition) is 1. The highest BCUT2D eigenvalue weighted by molar-refractivity contribution is 5.85. The monoisotopic (exact) mass is 643 g/mol. The molecule has 0 amide bonds. The molecule has 47 heavy (non-hydrogen) atoms. The fraction of sp³-hybridized carbons (Fsp3) is 0.717. The van der Waals surface area contributed by atoms with Gasteiger partial charge in [0.05, 0.1) is 0 Å². The summed E-state index contributed by atoms with van der Waals surface area (Å²) in [6, 6.07) is 15.7. The molecule has 0 N–H and O–H groups in total. The fourth-order valence-electron chi connectivity index (χ4n) is 8.45. The second-order valence-corrected chi connectivity index (χ2v) is 15.2. The summed E-state index contributed by atoms with van der Waals surface area (Å²) < 4.78 is 0. The van der Waals surface area contributed by atoms with Gasteiger partial charge in [0, 0.05) is 11.0 Å². The van der Waals surface area contributed by atoms with Gasteiger partial charge in [-0.25, -0.2) is 0 Å². The highest BCUT2D eigenvalue weighted by atomic mass is 16.1. The quantitative estimate of drug-likeness (QED) is 0.0591. The zero-order valence-corrected chi connectivity index (χ0v) is 31.2. The lowest BCUT2D eigenvalue weighted by Gasteiger charge is -2.33. The van der Waals surface area contributed by atoms with Crippen LogP contribution in [-0.2, 0) is 5.41 Å². The van der Waals surface area contributed by atoms with Gasteiger partial charge in [-0.2, -0.15) is 0 Å². The average Bonchev–Trinajstić information content (AvgIpc) is 3.37. The number of hydrogen-bond donors (Lipinski definition) is 0. The maximum Gasteiger partial charge on any atom is 0.150 e. The van der Waals surface area contributed by atoms with Gasteiger partial charge in [-0.05, 0) is 41.2 Å². The summed E-state index contributed by atoms with van der Waals surface area (Å²) in [4.78, 5) is 11.9. The molecule has 0 saturated carbocycles. The van der Waals surface area contributed by atoms with Gasteiger partial charge < -0.3 is 0 Å². The van der Waals surface area contributed by atoms with E-state index >= 15 is 0 Å². The number of fused-ring (bicyclic) bond motifs is 3. The number of benzene rings is 2. The van der Waals surface area contributed by atoms with E-state index in [0.29, 0.717) is 0 Å². The van der Waals surface area contributed by atoms with Crippen LogP contribution in [0.15, 0.2) is 42.5 Å². The number of rotatable bonds is 31. The molecular weight excluding hydrogens is 569 g/mol. The molecule has 0 atom stereocenters. The number of unbranched alkanes of at least 4 members (excludes halogenated alkanes) is 26. The van der Waals surface area contributed by atoms with Crippen LogP contribution >= 0.6 is 0 Å². The summed E-state index contributed by atoms with van der Waals surface area (Å²) in [5, 5.41) is 0. The predicted molar refractivity (Wildman–Crippen MR) is 208 cm³/mol. The molecule has 0 aromatic heterocycles. The third-order valence-electron chi connectivity index (χ3n) is 11.3. The number of carbonyl (C=O) groups is 1. The Kier molecular flexibility index (Phi) is 21.1. The maximum absolute atomic E-state index is 11.9. The van der Waals surface area contributed by atoms with Crippen LogP contribution in [-0.4, -0.2) is 6.29 Å². The Hall–Kier alpha value is -1.89. The molecule has 1 aliphatic rings. The van der Waals surface area contributed by atoms with E-state index < -0.39 is 0 Å². The Morgan fingerprint density at radius 3 is 1.19 bits per heavy atom. The highest BCUT2D eigenvalue weighted by Crippen LogP contribution is 2.54. The summed E-state index contributed by atoms with van der Waals surface area (Å²) in [6.07, 6.45) is 42.8. The molecule has 1 heteroatoms. The first-order valence-corrected chi connectivity index (χ1v) is 21.0. The summed E-state index contributed by atoms with van der Waals surface area (Å²) >= 11 is 0. The second-order valence-electron chi connectivity index (χ2n) is 15.2. The van der Waals surface area contributed by atoms with E-state index in [0.717, 1.165) is 11.8 Å². The van der Waals surface area contributed by atoms with E-state index in [4.69, 9.17) is 0 Å². The smallest absolute Gasteiger partial charge is 0.150 e. The van der Waals surface area contributed by atoms with Crippen LogP contribution in [0.5, 0.6) is 0 Å². The van der Waals surface area contributed by atoms with Crippen LogP contribution in [0, 0.1) is 0 Å². The van der Waals surface area contributed by atoms with E-state index in [2.05, 4.69) is 50.2 Å². The molecule has 264 valence electrons. The van der Waals surface area contributed by atoms with Crippen LogP contribution in [0.1, 0.15) is 228 Å². The molecule has 0 spiro atoms. The third kappa shape index (κ3) is 14.2. The van der Waals surface area contributed by atoms with Gasteiger partial charge in [-0.1, -0.05) is 230 Å². The van der Waals surface area contributed by atoms with Crippen LogP contribution < -0.4 is 0 Å². The Labute approximate surface area is 292 Å². The van der Waals surface area contributed by atoms with E-state index in [1.165, 1.54) is 215 Å². The zero-order valence-electron chi connectivity index (χ0n) is 31.2. The Morgan fingerprint density at radius 1 is 0.426 bits per heavy atom. The average molecular weight is 643 g/mol. The van der Waals surface area contributed by atoms with Crippen molar-refractivity contribution in [2.24, 2.45) is 0 Å². The summed E-state index contributed by atoms with van der Waals surface area (Å²) in [6.45, 7) is 4.60. The standard InChI is InChI=1S/C46H74O/c1-3-5-7-9-11-13-15-17-19-21-23-25-27-31-37-46(38-32-28-26-24-22-20-18-16-14-12-10-8-6-4-2)44-34-30-29-33-42(44)43-36-35-41(40-47)39-45(43)46/h29-30,33-36,39-40H,3-28,31-32,37-38H2,1-2H3. The van der Waals surface area contributed by atoms with E-state index in [1.54, 1.807) is 0 Å². The molecule has 2 aromatic carbocycles. The SMILES string of the molecule is CCCCCCCCCCCCCCCCC1(CCCCCCCCCCCCCCCC)c2ccccc2-c2ccc(C=O)cc21. The van der Waals surface area contributed by atoms with Crippen LogP contribution in [0.3, 0.4) is 0 Å². The van der Waals surface area contributed by atoms with Crippen molar-refractivity contribution in [2.75, 3.05) is 0 Å². The largest absolute Gasteiger partial charge is 0.298 e. The highest BCUT2D eigenvalue weighted by Gasteiger charge is 2.42. The normalized spacial score (nSPS) is 13.1. The third-order valence-corrected chi connectivity index (χ3v) is 11.3. The van der Waals surface area contributed by atoms with Crippen molar-refractivity contribution in [3.05, 3.63) is 59.2 Å². The molecule has 0 aliphatic heterocycles. The molecular formula is C46H74O. The number of carbonyl (C=O) groups excluding carboxylic acids is 1. The summed E-state index contributed by atoms with van der Waals surface area (Å²) in [5.41, 5.74) is 6.66. The van der Waals surface area contributed by atoms with E-state index in [1.807, 2.05) is 6.07 Å². The van der Waals surface area contributed by atoms with Crippen molar-refractivity contribution in [1.82, 2.24) is 0 Å². The first kappa shape index (κ1) is 39.5. The molecule has 0 heterocycles. The van der Waals surface area contributed by atoms with E-state index in [-0.39, 0.29) is 5.41 Å². The molecule has 0 bridgehead atoms. The van der Waals surface area contributed by atoms with Gasteiger partial charge in [0.25, 0.3) is 0 Å². The molecule has 0 unspecified atom stereocenters. The minimum atomic E-state index is 0.0687. The van der Waals surface area contributed by atoms with Gasteiger partial charge in [-0.15, -0.1) is 0 Å². The van der Waals surface area contributed by atoms with Gasteiger partial charge in [-0.3, -0.25) is 4.79 Å². The lowest BCUT2D eigenvalue weighted by Crippen LogP contribution is -2.25. The van der Waals surface area contributed by atoms with Crippen molar-refractivity contribution in [3.8, 4) is 11.1 Å². The lowest BCUT2D eigenvalue weighted by atomic mass is 9.70. The molecule has 1 aliphatic carbocycles. The van der Waals surface area contributed by atoms with Crippen LogP contribution in [0.2, 0.25) is 0 Å². The topological polar surface area (TPSA) is 17.1 Å². The van der Waals surface area contributed by atoms with Crippen molar-refractivity contribution < 1.29 is 4.79 Å². The van der Waals surface area contributed by atoms with Crippen molar-refractivity contribution in [3.63, 3.8) is 0 Å². The van der Waals surface area contributed by atoms with E-state index in [9.17, 15) is 4.79 Å². The maximum atomic E-state index is 11.9. The summed E-state index contributed by atoms with van der Waals surface area (Å²) in [5.74, 6) is 0. The number of aldehydes is 1. The van der Waals surface area contributed by atoms with Gasteiger partial charge in [0.2, 0.25) is 0 Å². The Balaban J connectivity index is 1.42. The Morgan fingerprint density at radius 2 is 0.787 bits per heavy atom. The molecule has 1 nitrogen and oxygen atoms in total. The van der Waals surface area contributed by atoms with Crippen molar-refractivity contribution in [1.29, 1.82) is 0 Å².